The number of carbonyl (C=O) groups excluding carboxylic acids is 1. The van der Waals surface area contributed by atoms with Crippen molar-refractivity contribution in [3.05, 3.63) is 63.1 Å². The summed E-state index contributed by atoms with van der Waals surface area (Å²) in [5.74, 6) is -0.0325. The van der Waals surface area contributed by atoms with Gasteiger partial charge in [0, 0.05) is 17.5 Å². The Morgan fingerprint density at radius 3 is 2.20 bits per heavy atom. The van der Waals surface area contributed by atoms with Crippen LogP contribution < -0.4 is 5.32 Å². The topological polar surface area (TPSA) is 32.3 Å². The molecule has 0 unspecified atom stereocenters. The molecule has 6 heteroatoms. The van der Waals surface area contributed by atoms with Gasteiger partial charge in [-0.2, -0.15) is 0 Å². The number of anilines is 1. The second-order valence-electron chi connectivity index (χ2n) is 6.26. The minimum atomic E-state index is -0.0196. The van der Waals surface area contributed by atoms with Gasteiger partial charge in [0.05, 0.1) is 15.7 Å². The molecule has 0 aliphatic carbocycles. The fourth-order valence-corrected chi connectivity index (χ4v) is 3.66. The monoisotopic (exact) mass is 396 g/mol. The van der Waals surface area contributed by atoms with Crippen LogP contribution in [0.3, 0.4) is 0 Å². The molecule has 0 saturated carbocycles. The average Bonchev–Trinajstić information content (AvgIpc) is 2.61. The first-order valence-electron chi connectivity index (χ1n) is 8.24. The van der Waals surface area contributed by atoms with E-state index in [1.165, 1.54) is 5.56 Å². The highest BCUT2D eigenvalue weighted by Gasteiger charge is 2.25. The van der Waals surface area contributed by atoms with Gasteiger partial charge in [0.25, 0.3) is 0 Å². The highest BCUT2D eigenvalue weighted by atomic mass is 35.5. The third kappa shape index (κ3) is 4.89. The number of para-hydroxylation sites is 1. The maximum atomic E-state index is 12.5. The maximum Gasteiger partial charge on any atom is 0.227 e. The van der Waals surface area contributed by atoms with Crippen molar-refractivity contribution in [2.24, 2.45) is 5.92 Å². The molecular weight excluding hydrogens is 379 g/mol. The van der Waals surface area contributed by atoms with Crippen molar-refractivity contribution >= 4 is 46.4 Å². The zero-order valence-corrected chi connectivity index (χ0v) is 15.9. The van der Waals surface area contributed by atoms with E-state index in [-0.39, 0.29) is 11.8 Å². The van der Waals surface area contributed by atoms with Crippen LogP contribution in [0.2, 0.25) is 15.1 Å². The highest BCUT2D eigenvalue weighted by molar-refractivity contribution is 6.39. The van der Waals surface area contributed by atoms with Gasteiger partial charge in [-0.1, -0.05) is 53.0 Å². The molecule has 1 heterocycles. The Kier molecular flexibility index (Phi) is 6.24. The van der Waals surface area contributed by atoms with Gasteiger partial charge in [-0.3, -0.25) is 9.69 Å². The summed E-state index contributed by atoms with van der Waals surface area (Å²) >= 11 is 18.2. The normalized spacial score (nSPS) is 16.0. The SMILES string of the molecule is O=C(Nc1c(Cl)cccc1Cl)C1CCN(Cc2ccc(Cl)cc2)CC1. The smallest absolute Gasteiger partial charge is 0.227 e. The van der Waals surface area contributed by atoms with Gasteiger partial charge in [-0.15, -0.1) is 0 Å². The predicted molar refractivity (Wildman–Crippen MR) is 105 cm³/mol. The van der Waals surface area contributed by atoms with Gasteiger partial charge in [0.15, 0.2) is 0 Å². The molecule has 2 aromatic rings. The molecule has 1 amide bonds. The number of hydrogen-bond donors (Lipinski definition) is 1. The van der Waals surface area contributed by atoms with Crippen LogP contribution in [-0.4, -0.2) is 23.9 Å². The maximum absolute atomic E-state index is 12.5. The summed E-state index contributed by atoms with van der Waals surface area (Å²) in [5.41, 5.74) is 1.73. The van der Waals surface area contributed by atoms with Crippen LogP contribution in [0.15, 0.2) is 42.5 Å². The van der Waals surface area contributed by atoms with E-state index in [1.54, 1.807) is 18.2 Å². The predicted octanol–water partition coefficient (Wildman–Crippen LogP) is 5.50. The third-order valence-electron chi connectivity index (χ3n) is 4.49. The lowest BCUT2D eigenvalue weighted by Gasteiger charge is -2.31. The summed E-state index contributed by atoms with van der Waals surface area (Å²) < 4.78 is 0. The second kappa shape index (κ2) is 8.41. The Labute approximate surface area is 162 Å². The molecule has 0 spiro atoms. The highest BCUT2D eigenvalue weighted by Crippen LogP contribution is 2.31. The number of nitrogens with zero attached hydrogens (tertiary/aromatic N) is 1. The van der Waals surface area contributed by atoms with E-state index in [2.05, 4.69) is 10.2 Å². The van der Waals surface area contributed by atoms with Crippen LogP contribution >= 0.6 is 34.8 Å². The number of likely N-dealkylation sites (tertiary alicyclic amines) is 1. The number of hydrogen-bond acceptors (Lipinski definition) is 2. The minimum Gasteiger partial charge on any atom is -0.323 e. The molecule has 1 saturated heterocycles. The molecular formula is C19H19Cl3N2O. The lowest BCUT2D eigenvalue weighted by molar-refractivity contribution is -0.121. The fourth-order valence-electron chi connectivity index (χ4n) is 3.04. The fraction of sp³-hybridized carbons (Fsp3) is 0.316. The van der Waals surface area contributed by atoms with Crippen LogP contribution in [0.4, 0.5) is 5.69 Å². The summed E-state index contributed by atoms with van der Waals surface area (Å²) in [6.07, 6.45) is 1.64. The van der Waals surface area contributed by atoms with Crippen molar-refractivity contribution in [2.75, 3.05) is 18.4 Å². The first-order chi connectivity index (χ1) is 12.0. The summed E-state index contributed by atoms with van der Waals surface area (Å²) in [6, 6.07) is 13.1. The largest absolute Gasteiger partial charge is 0.323 e. The van der Waals surface area contributed by atoms with Crippen LogP contribution in [0.25, 0.3) is 0 Å². The molecule has 2 aromatic carbocycles. The molecule has 1 fully saturated rings. The number of rotatable bonds is 4. The lowest BCUT2D eigenvalue weighted by Crippen LogP contribution is -2.37. The minimum absolute atomic E-state index is 0.0128. The number of amides is 1. The molecule has 0 bridgehead atoms. The van der Waals surface area contributed by atoms with Gasteiger partial charge >= 0.3 is 0 Å². The van der Waals surface area contributed by atoms with Crippen LogP contribution in [-0.2, 0) is 11.3 Å². The van der Waals surface area contributed by atoms with Gasteiger partial charge in [-0.05, 0) is 55.8 Å². The van der Waals surface area contributed by atoms with E-state index in [1.807, 2.05) is 24.3 Å². The van der Waals surface area contributed by atoms with E-state index >= 15 is 0 Å². The zero-order valence-electron chi connectivity index (χ0n) is 13.6. The van der Waals surface area contributed by atoms with Crippen molar-refractivity contribution in [3.8, 4) is 0 Å². The molecule has 0 radical (unpaired) electrons. The van der Waals surface area contributed by atoms with E-state index in [0.717, 1.165) is 37.5 Å². The van der Waals surface area contributed by atoms with Crippen LogP contribution in [0, 0.1) is 5.92 Å². The Hall–Kier alpha value is -1.26. The van der Waals surface area contributed by atoms with Crippen molar-refractivity contribution in [1.29, 1.82) is 0 Å². The van der Waals surface area contributed by atoms with Gasteiger partial charge in [-0.25, -0.2) is 0 Å². The Balaban J connectivity index is 1.53. The number of benzene rings is 2. The number of halogens is 3. The summed E-state index contributed by atoms with van der Waals surface area (Å²) in [7, 11) is 0. The van der Waals surface area contributed by atoms with Crippen molar-refractivity contribution < 1.29 is 4.79 Å². The summed E-state index contributed by atoms with van der Waals surface area (Å²) in [4.78, 5) is 14.9. The van der Waals surface area contributed by atoms with E-state index in [4.69, 9.17) is 34.8 Å². The molecule has 0 atom stereocenters. The second-order valence-corrected chi connectivity index (χ2v) is 7.51. The first-order valence-corrected chi connectivity index (χ1v) is 9.38. The quantitative estimate of drug-likeness (QED) is 0.739. The van der Waals surface area contributed by atoms with E-state index in [0.29, 0.717) is 15.7 Å². The molecule has 1 N–H and O–H groups in total. The molecule has 1 aliphatic heterocycles. The Morgan fingerprint density at radius 2 is 1.60 bits per heavy atom. The number of nitrogens with one attached hydrogen (secondary N) is 1. The van der Waals surface area contributed by atoms with Gasteiger partial charge < -0.3 is 5.32 Å². The first kappa shape index (κ1) is 18.5. The standard InChI is InChI=1S/C19H19Cl3N2O/c20-15-6-4-13(5-7-15)12-24-10-8-14(9-11-24)19(25)23-18-16(21)2-1-3-17(18)22/h1-7,14H,8-12H2,(H,23,25). The summed E-state index contributed by atoms with van der Waals surface area (Å²) in [5, 5.41) is 4.55. The van der Waals surface area contributed by atoms with Crippen molar-refractivity contribution in [3.63, 3.8) is 0 Å². The van der Waals surface area contributed by atoms with E-state index < -0.39 is 0 Å². The third-order valence-corrected chi connectivity index (χ3v) is 5.37. The molecule has 132 valence electrons. The molecule has 0 aromatic heterocycles. The average molecular weight is 398 g/mol. The van der Waals surface area contributed by atoms with Crippen molar-refractivity contribution in [1.82, 2.24) is 4.90 Å². The Morgan fingerprint density at radius 1 is 1.00 bits per heavy atom. The molecule has 3 rings (SSSR count). The summed E-state index contributed by atoms with van der Waals surface area (Å²) in [6.45, 7) is 2.65. The molecule has 3 nitrogen and oxygen atoms in total. The molecule has 1 aliphatic rings. The van der Waals surface area contributed by atoms with E-state index in [9.17, 15) is 4.79 Å². The number of carbonyl (C=O) groups is 1. The Bertz CT molecular complexity index is 721. The lowest BCUT2D eigenvalue weighted by atomic mass is 9.95. The zero-order chi connectivity index (χ0) is 17.8. The van der Waals surface area contributed by atoms with Crippen LogP contribution in [0.1, 0.15) is 18.4 Å². The van der Waals surface area contributed by atoms with Crippen molar-refractivity contribution in [2.45, 2.75) is 19.4 Å². The molecule has 25 heavy (non-hydrogen) atoms. The van der Waals surface area contributed by atoms with Gasteiger partial charge in [0.1, 0.15) is 0 Å². The van der Waals surface area contributed by atoms with Crippen LogP contribution in [0.5, 0.6) is 0 Å². The number of piperidine rings is 1. The van der Waals surface area contributed by atoms with Gasteiger partial charge in [0.2, 0.25) is 5.91 Å².